The number of aryl methyl sites for hydroxylation is 1. The molecule has 4 nitrogen and oxygen atoms in total. The molecule has 1 aromatic heterocycles. The zero-order chi connectivity index (χ0) is 12.7. The lowest BCUT2D eigenvalue weighted by Crippen LogP contribution is -2.31. The van der Waals surface area contributed by atoms with Gasteiger partial charge in [-0.15, -0.1) is 0 Å². The Hall–Kier alpha value is -1.03. The van der Waals surface area contributed by atoms with Crippen LogP contribution in [0, 0.1) is 5.92 Å². The average Bonchev–Trinajstić information content (AvgIpc) is 2.65. The third kappa shape index (κ3) is 5.73. The largest absolute Gasteiger partial charge is 0.486 e. The highest BCUT2D eigenvalue weighted by atomic mass is 16.5. The second-order valence-corrected chi connectivity index (χ2v) is 4.92. The lowest BCUT2D eigenvalue weighted by Gasteiger charge is -2.14. The van der Waals surface area contributed by atoms with Crippen molar-refractivity contribution >= 4 is 0 Å². The highest BCUT2D eigenvalue weighted by Gasteiger charge is 2.06. The summed E-state index contributed by atoms with van der Waals surface area (Å²) in [7, 11) is 0. The van der Waals surface area contributed by atoms with Crippen molar-refractivity contribution in [1.82, 2.24) is 15.1 Å². The monoisotopic (exact) mass is 239 g/mol. The minimum Gasteiger partial charge on any atom is -0.486 e. The van der Waals surface area contributed by atoms with Gasteiger partial charge in [0.05, 0.1) is 12.4 Å². The first-order valence-electron chi connectivity index (χ1n) is 6.51. The Morgan fingerprint density at radius 1 is 1.35 bits per heavy atom. The van der Waals surface area contributed by atoms with Gasteiger partial charge in [-0.1, -0.05) is 20.8 Å². The zero-order valence-electron chi connectivity index (χ0n) is 11.4. The second kappa shape index (κ2) is 7.33. The van der Waals surface area contributed by atoms with Crippen LogP contribution in [0.1, 0.15) is 34.1 Å². The van der Waals surface area contributed by atoms with E-state index in [1.807, 2.05) is 10.9 Å². The van der Waals surface area contributed by atoms with Crippen molar-refractivity contribution < 1.29 is 4.74 Å². The summed E-state index contributed by atoms with van der Waals surface area (Å²) in [5, 5.41) is 7.62. The third-order valence-electron chi connectivity index (χ3n) is 2.38. The van der Waals surface area contributed by atoms with Gasteiger partial charge in [-0.3, -0.25) is 4.68 Å². The van der Waals surface area contributed by atoms with Gasteiger partial charge in [-0.2, -0.15) is 5.10 Å². The molecule has 1 rings (SSSR count). The van der Waals surface area contributed by atoms with Crippen LogP contribution in [0.4, 0.5) is 0 Å². The van der Waals surface area contributed by atoms with E-state index in [2.05, 4.69) is 38.1 Å². The number of aromatic nitrogens is 2. The van der Waals surface area contributed by atoms with Crippen molar-refractivity contribution in [2.75, 3.05) is 13.1 Å². The van der Waals surface area contributed by atoms with E-state index in [0.29, 0.717) is 5.92 Å². The van der Waals surface area contributed by atoms with Gasteiger partial charge in [-0.05, 0) is 25.8 Å². The summed E-state index contributed by atoms with van der Waals surface area (Å²) in [5.74, 6) is 1.53. The molecule has 0 spiro atoms. The highest BCUT2D eigenvalue weighted by molar-refractivity contribution is 5.12. The molecule has 0 aliphatic rings. The average molecular weight is 239 g/mol. The molecular weight excluding hydrogens is 214 g/mol. The van der Waals surface area contributed by atoms with Crippen LogP contribution in [0.15, 0.2) is 12.4 Å². The Balaban J connectivity index is 2.26. The van der Waals surface area contributed by atoms with E-state index in [4.69, 9.17) is 4.74 Å². The Bertz CT molecular complexity index is 309. The quantitative estimate of drug-likeness (QED) is 0.756. The normalized spacial score (nSPS) is 13.0. The third-order valence-corrected chi connectivity index (χ3v) is 2.38. The fourth-order valence-corrected chi connectivity index (χ4v) is 1.61. The molecule has 0 fully saturated rings. The lowest BCUT2D eigenvalue weighted by atomic mass is 10.2. The molecule has 0 saturated carbocycles. The van der Waals surface area contributed by atoms with Crippen molar-refractivity contribution in [2.45, 2.75) is 46.8 Å². The Labute approximate surface area is 104 Å². The van der Waals surface area contributed by atoms with Crippen LogP contribution in [0.3, 0.4) is 0 Å². The first kappa shape index (κ1) is 14.0. The smallest absolute Gasteiger partial charge is 0.157 e. The van der Waals surface area contributed by atoms with Crippen molar-refractivity contribution in [2.24, 2.45) is 5.92 Å². The number of hydrogen-bond acceptors (Lipinski definition) is 3. The molecule has 1 heterocycles. The van der Waals surface area contributed by atoms with Crippen molar-refractivity contribution in [1.29, 1.82) is 0 Å². The molecule has 1 atom stereocenters. The van der Waals surface area contributed by atoms with E-state index in [9.17, 15) is 0 Å². The fourth-order valence-electron chi connectivity index (χ4n) is 1.61. The van der Waals surface area contributed by atoms with Crippen LogP contribution in [0.5, 0.6) is 5.75 Å². The molecule has 17 heavy (non-hydrogen) atoms. The van der Waals surface area contributed by atoms with Gasteiger partial charge in [-0.25, -0.2) is 0 Å². The maximum atomic E-state index is 5.78. The van der Waals surface area contributed by atoms with E-state index < -0.39 is 0 Å². The Morgan fingerprint density at radius 2 is 2.12 bits per heavy atom. The first-order valence-corrected chi connectivity index (χ1v) is 6.51. The summed E-state index contributed by atoms with van der Waals surface area (Å²) < 4.78 is 7.70. The summed E-state index contributed by atoms with van der Waals surface area (Å²) in [4.78, 5) is 0. The number of nitrogens with zero attached hydrogens (tertiary/aromatic N) is 2. The van der Waals surface area contributed by atoms with Gasteiger partial charge in [0.15, 0.2) is 5.75 Å². The summed E-state index contributed by atoms with van der Waals surface area (Å²) in [6.07, 6.45) is 5.01. The van der Waals surface area contributed by atoms with E-state index in [1.54, 1.807) is 6.20 Å². The lowest BCUT2D eigenvalue weighted by molar-refractivity contribution is 0.215. The van der Waals surface area contributed by atoms with Crippen LogP contribution in [0.2, 0.25) is 0 Å². The van der Waals surface area contributed by atoms with Crippen molar-refractivity contribution in [3.63, 3.8) is 0 Å². The fraction of sp³-hybridized carbons (Fsp3) is 0.769. The van der Waals surface area contributed by atoms with Gasteiger partial charge in [0.2, 0.25) is 0 Å². The number of ether oxygens (including phenoxy) is 1. The maximum absolute atomic E-state index is 5.78. The van der Waals surface area contributed by atoms with Crippen molar-refractivity contribution in [3.8, 4) is 5.75 Å². The van der Waals surface area contributed by atoms with Gasteiger partial charge in [0.25, 0.3) is 0 Å². The minimum absolute atomic E-state index is 0.174. The molecule has 0 bridgehead atoms. The molecule has 1 aromatic rings. The molecule has 0 saturated heterocycles. The number of rotatable bonds is 8. The van der Waals surface area contributed by atoms with Crippen LogP contribution >= 0.6 is 0 Å². The molecule has 0 aliphatic carbocycles. The molecule has 0 radical (unpaired) electrons. The summed E-state index contributed by atoms with van der Waals surface area (Å²) in [6.45, 7) is 11.5. The predicted octanol–water partition coefficient (Wildman–Crippen LogP) is 2.31. The van der Waals surface area contributed by atoms with Crippen LogP contribution in [-0.4, -0.2) is 29.0 Å². The molecule has 0 aromatic carbocycles. The van der Waals surface area contributed by atoms with Crippen LogP contribution in [-0.2, 0) is 6.54 Å². The molecule has 4 heteroatoms. The van der Waals surface area contributed by atoms with Crippen LogP contribution in [0.25, 0.3) is 0 Å². The minimum atomic E-state index is 0.174. The van der Waals surface area contributed by atoms with E-state index in [-0.39, 0.29) is 6.10 Å². The van der Waals surface area contributed by atoms with E-state index >= 15 is 0 Å². The molecule has 0 amide bonds. The molecular formula is C13H25N3O. The summed E-state index contributed by atoms with van der Waals surface area (Å²) in [5.41, 5.74) is 0. The SMILES string of the molecule is CCCn1cc(OC(C)CNCC(C)C)cn1. The topological polar surface area (TPSA) is 39.1 Å². The Morgan fingerprint density at radius 3 is 2.76 bits per heavy atom. The molecule has 1 unspecified atom stereocenters. The second-order valence-electron chi connectivity index (χ2n) is 4.92. The number of hydrogen-bond donors (Lipinski definition) is 1. The first-order chi connectivity index (χ1) is 8.11. The molecule has 0 aliphatic heterocycles. The van der Waals surface area contributed by atoms with Crippen molar-refractivity contribution in [3.05, 3.63) is 12.4 Å². The van der Waals surface area contributed by atoms with Gasteiger partial charge in [0.1, 0.15) is 6.10 Å². The predicted molar refractivity (Wildman–Crippen MR) is 70.3 cm³/mol. The van der Waals surface area contributed by atoms with E-state index in [1.165, 1.54) is 0 Å². The standard InChI is InChI=1S/C13H25N3O/c1-5-6-16-10-13(9-15-16)17-12(4)8-14-7-11(2)3/h9-12,14H,5-8H2,1-4H3. The highest BCUT2D eigenvalue weighted by Crippen LogP contribution is 2.10. The van der Waals surface area contributed by atoms with Crippen LogP contribution < -0.4 is 10.1 Å². The van der Waals surface area contributed by atoms with E-state index in [0.717, 1.165) is 31.8 Å². The summed E-state index contributed by atoms with van der Waals surface area (Å²) in [6, 6.07) is 0. The van der Waals surface area contributed by atoms with Gasteiger partial charge < -0.3 is 10.1 Å². The van der Waals surface area contributed by atoms with Gasteiger partial charge >= 0.3 is 0 Å². The summed E-state index contributed by atoms with van der Waals surface area (Å²) >= 11 is 0. The Kier molecular flexibility index (Phi) is 6.05. The van der Waals surface area contributed by atoms with Gasteiger partial charge in [0, 0.05) is 13.1 Å². The molecule has 1 N–H and O–H groups in total. The maximum Gasteiger partial charge on any atom is 0.157 e. The zero-order valence-corrected chi connectivity index (χ0v) is 11.4. The number of nitrogens with one attached hydrogen (secondary N) is 1. The molecule has 98 valence electrons.